The van der Waals surface area contributed by atoms with Crippen LogP contribution in [0.25, 0.3) is 0 Å². The number of anilines is 1. The normalized spacial score (nSPS) is 11.3. The summed E-state index contributed by atoms with van der Waals surface area (Å²) >= 11 is 0. The highest BCUT2D eigenvalue weighted by Crippen LogP contribution is 2.13. The van der Waals surface area contributed by atoms with Gasteiger partial charge in [0.25, 0.3) is 0 Å². The Bertz CT molecular complexity index is 513. The van der Waals surface area contributed by atoms with Gasteiger partial charge in [0.15, 0.2) is 0 Å². The predicted octanol–water partition coefficient (Wildman–Crippen LogP) is 0.204. The smallest absolute Gasteiger partial charge is 0.240 e. The van der Waals surface area contributed by atoms with Gasteiger partial charge in [-0.05, 0) is 30.7 Å². The fraction of sp³-hybridized carbons (Fsp3) is 0.364. The van der Waals surface area contributed by atoms with E-state index in [-0.39, 0.29) is 24.0 Å². The van der Waals surface area contributed by atoms with E-state index in [1.54, 1.807) is 0 Å². The van der Waals surface area contributed by atoms with Gasteiger partial charge in [0.05, 0.1) is 11.5 Å². The zero-order valence-corrected chi connectivity index (χ0v) is 11.4. The number of carbonyl (C=O) groups is 1. The summed E-state index contributed by atoms with van der Waals surface area (Å²) in [6.07, 6.45) is 0.486. The van der Waals surface area contributed by atoms with Crippen LogP contribution in [0.5, 0.6) is 0 Å². The maximum absolute atomic E-state index is 11.9. The van der Waals surface area contributed by atoms with Crippen LogP contribution in [0.1, 0.15) is 13.3 Å². The zero-order valence-electron chi connectivity index (χ0n) is 10.5. The van der Waals surface area contributed by atoms with Crippen molar-refractivity contribution in [1.29, 1.82) is 0 Å². The van der Waals surface area contributed by atoms with Crippen LogP contribution in [0.4, 0.5) is 5.69 Å². The van der Waals surface area contributed by atoms with E-state index in [2.05, 4.69) is 14.9 Å². The van der Waals surface area contributed by atoms with E-state index < -0.39 is 10.0 Å². The molecule has 19 heavy (non-hydrogen) atoms. The maximum atomic E-state index is 11.9. The molecule has 0 heterocycles. The third-order valence-electron chi connectivity index (χ3n) is 2.22. The first-order valence-electron chi connectivity index (χ1n) is 5.65. The van der Waals surface area contributed by atoms with Crippen molar-refractivity contribution in [3.8, 4) is 0 Å². The molecule has 7 nitrogen and oxygen atoms in total. The molecule has 4 N–H and O–H groups in total. The molecule has 1 aromatic rings. The van der Waals surface area contributed by atoms with Gasteiger partial charge in [-0.2, -0.15) is 0 Å². The number of hydrogen-bond acceptors (Lipinski definition) is 5. The van der Waals surface area contributed by atoms with Gasteiger partial charge >= 0.3 is 0 Å². The van der Waals surface area contributed by atoms with Crippen molar-refractivity contribution in [3.05, 3.63) is 24.3 Å². The molecule has 1 aromatic carbocycles. The van der Waals surface area contributed by atoms with Crippen molar-refractivity contribution in [1.82, 2.24) is 4.72 Å². The molecular weight excluding hydrogens is 270 g/mol. The fourth-order valence-corrected chi connectivity index (χ4v) is 2.44. The number of nitrogens with one attached hydrogen (secondary N) is 2. The first-order chi connectivity index (χ1) is 8.95. The molecule has 1 rings (SSSR count). The number of carbonyl (C=O) groups excluding carboxylic acids is 1. The lowest BCUT2D eigenvalue weighted by Crippen LogP contribution is -2.25. The second-order valence-electron chi connectivity index (χ2n) is 3.83. The summed E-state index contributed by atoms with van der Waals surface area (Å²) < 4.78 is 26.1. The molecule has 0 saturated heterocycles. The predicted molar refractivity (Wildman–Crippen MR) is 70.7 cm³/mol. The fourth-order valence-electron chi connectivity index (χ4n) is 1.37. The average Bonchev–Trinajstić information content (AvgIpc) is 2.35. The van der Waals surface area contributed by atoms with Gasteiger partial charge in [0.1, 0.15) is 0 Å². The minimum absolute atomic E-state index is 0.135. The molecule has 0 radical (unpaired) electrons. The van der Waals surface area contributed by atoms with Gasteiger partial charge in [-0.1, -0.05) is 0 Å². The van der Waals surface area contributed by atoms with Gasteiger partial charge in [-0.25, -0.2) is 19.0 Å². The third kappa shape index (κ3) is 5.35. The van der Waals surface area contributed by atoms with Crippen molar-refractivity contribution >= 4 is 21.6 Å². The maximum Gasteiger partial charge on any atom is 0.240 e. The Morgan fingerprint density at radius 2 is 1.95 bits per heavy atom. The van der Waals surface area contributed by atoms with Crippen LogP contribution in [0.3, 0.4) is 0 Å². The summed E-state index contributed by atoms with van der Waals surface area (Å²) in [5.41, 5.74) is 0.544. The summed E-state index contributed by atoms with van der Waals surface area (Å²) in [7, 11) is -3.55. The topological polar surface area (TPSA) is 111 Å². The largest absolute Gasteiger partial charge is 0.326 e. The first kappa shape index (κ1) is 15.6. The molecule has 8 heteroatoms. The average molecular weight is 287 g/mol. The Morgan fingerprint density at radius 3 is 2.47 bits per heavy atom. The van der Waals surface area contributed by atoms with Crippen molar-refractivity contribution in [2.24, 2.45) is 5.90 Å². The molecular formula is C11H17N3O4S. The SMILES string of the molecule is CC(=O)Nc1ccc(S(=O)(=O)NCCCON)cc1. The Labute approximate surface area is 112 Å². The summed E-state index contributed by atoms with van der Waals surface area (Å²) in [6, 6.07) is 5.90. The number of hydrogen-bond donors (Lipinski definition) is 3. The summed E-state index contributed by atoms with van der Waals surface area (Å²) in [4.78, 5) is 15.3. The van der Waals surface area contributed by atoms with E-state index >= 15 is 0 Å². The van der Waals surface area contributed by atoms with Crippen LogP contribution in [-0.2, 0) is 19.7 Å². The minimum Gasteiger partial charge on any atom is -0.326 e. The number of benzene rings is 1. The van der Waals surface area contributed by atoms with Crippen molar-refractivity contribution < 1.29 is 18.0 Å². The van der Waals surface area contributed by atoms with Gasteiger partial charge in [0, 0.05) is 19.2 Å². The third-order valence-corrected chi connectivity index (χ3v) is 3.69. The Hall–Kier alpha value is -1.48. The molecule has 0 aromatic heterocycles. The van der Waals surface area contributed by atoms with Crippen LogP contribution in [-0.4, -0.2) is 27.5 Å². The molecule has 0 aliphatic carbocycles. The molecule has 0 aliphatic rings. The van der Waals surface area contributed by atoms with E-state index in [9.17, 15) is 13.2 Å². The van der Waals surface area contributed by atoms with Crippen molar-refractivity contribution in [2.75, 3.05) is 18.5 Å². The molecule has 0 spiro atoms. The van der Waals surface area contributed by atoms with E-state index in [4.69, 9.17) is 5.90 Å². The first-order valence-corrected chi connectivity index (χ1v) is 7.13. The molecule has 0 bridgehead atoms. The molecule has 0 unspecified atom stereocenters. The van der Waals surface area contributed by atoms with Crippen LogP contribution in [0.2, 0.25) is 0 Å². The summed E-state index contributed by atoms with van der Waals surface area (Å²) in [5, 5.41) is 2.56. The van der Waals surface area contributed by atoms with Crippen LogP contribution < -0.4 is 15.9 Å². The summed E-state index contributed by atoms with van der Waals surface area (Å²) in [6.45, 7) is 1.91. The van der Waals surface area contributed by atoms with E-state index in [0.717, 1.165) is 0 Å². The molecule has 106 valence electrons. The Morgan fingerprint density at radius 1 is 1.32 bits per heavy atom. The number of rotatable bonds is 7. The Kier molecular flexibility index (Phi) is 5.90. The monoisotopic (exact) mass is 287 g/mol. The molecule has 0 atom stereocenters. The quantitative estimate of drug-likeness (QED) is 0.490. The van der Waals surface area contributed by atoms with Crippen molar-refractivity contribution in [2.45, 2.75) is 18.2 Å². The Balaban J connectivity index is 2.65. The van der Waals surface area contributed by atoms with E-state index in [0.29, 0.717) is 12.1 Å². The van der Waals surface area contributed by atoms with Gasteiger partial charge in [-0.3, -0.25) is 4.79 Å². The highest BCUT2D eigenvalue weighted by molar-refractivity contribution is 7.89. The van der Waals surface area contributed by atoms with Crippen LogP contribution >= 0.6 is 0 Å². The van der Waals surface area contributed by atoms with E-state index in [1.807, 2.05) is 0 Å². The molecule has 0 saturated carbocycles. The lowest BCUT2D eigenvalue weighted by molar-refractivity contribution is -0.114. The number of nitrogens with two attached hydrogens (primary N) is 1. The minimum atomic E-state index is -3.55. The van der Waals surface area contributed by atoms with Gasteiger partial charge in [0.2, 0.25) is 15.9 Å². The number of amides is 1. The van der Waals surface area contributed by atoms with Crippen LogP contribution in [0.15, 0.2) is 29.2 Å². The molecule has 0 aliphatic heterocycles. The second-order valence-corrected chi connectivity index (χ2v) is 5.59. The van der Waals surface area contributed by atoms with Gasteiger partial charge < -0.3 is 10.2 Å². The van der Waals surface area contributed by atoms with E-state index in [1.165, 1.54) is 31.2 Å². The highest BCUT2D eigenvalue weighted by atomic mass is 32.2. The lowest BCUT2D eigenvalue weighted by Gasteiger charge is -2.07. The van der Waals surface area contributed by atoms with Crippen molar-refractivity contribution in [3.63, 3.8) is 0 Å². The number of sulfonamides is 1. The zero-order chi connectivity index (χ0) is 14.3. The standard InChI is InChI=1S/C11H17N3O4S/c1-9(15)14-10-3-5-11(6-4-10)19(16,17)13-7-2-8-18-12/h3-6,13H,2,7-8,12H2,1H3,(H,14,15). The molecule has 1 amide bonds. The van der Waals surface area contributed by atoms with Crippen LogP contribution in [0, 0.1) is 0 Å². The second kappa shape index (κ2) is 7.19. The summed E-state index contributed by atoms with van der Waals surface area (Å²) in [5.74, 6) is 4.62. The van der Waals surface area contributed by atoms with Gasteiger partial charge in [-0.15, -0.1) is 0 Å². The lowest BCUT2D eigenvalue weighted by atomic mass is 10.3. The molecule has 0 fully saturated rings. The highest BCUT2D eigenvalue weighted by Gasteiger charge is 2.12.